The second kappa shape index (κ2) is 7.36. The molecule has 3 rings (SSSR count). The summed E-state index contributed by atoms with van der Waals surface area (Å²) in [5.41, 5.74) is -0.927. The van der Waals surface area contributed by atoms with E-state index in [1.807, 2.05) is 0 Å². The standard InChI is InChI=1S/C16H9Cl2F4N3O2S/c17-8-3-9(18)5-10(4-8)25-14(6-13(24-25)16(21)22)7-1-11(19)15(12(20)2-7)28(23,26)27/h1-6,16H,(H2,23,26,27). The zero-order valence-electron chi connectivity index (χ0n) is 13.5. The number of alkyl halides is 2. The minimum absolute atomic E-state index is 0.146. The third-order valence-corrected chi connectivity index (χ3v) is 5.02. The molecule has 0 amide bonds. The van der Waals surface area contributed by atoms with Crippen LogP contribution in [0.25, 0.3) is 16.9 Å². The number of sulfonamides is 1. The van der Waals surface area contributed by atoms with Gasteiger partial charge >= 0.3 is 0 Å². The quantitative estimate of drug-likeness (QED) is 0.581. The number of rotatable bonds is 4. The summed E-state index contributed by atoms with van der Waals surface area (Å²) in [5, 5.41) is 8.86. The molecule has 2 aromatic carbocycles. The molecule has 0 fully saturated rings. The van der Waals surface area contributed by atoms with Crippen LogP contribution in [-0.4, -0.2) is 18.2 Å². The van der Waals surface area contributed by atoms with Gasteiger partial charge in [0.15, 0.2) is 4.90 Å². The molecule has 0 radical (unpaired) electrons. The fourth-order valence-electron chi connectivity index (χ4n) is 2.55. The van der Waals surface area contributed by atoms with Crippen molar-refractivity contribution >= 4 is 33.2 Å². The molecule has 0 spiro atoms. The molecule has 1 heterocycles. The van der Waals surface area contributed by atoms with E-state index in [0.29, 0.717) is 12.1 Å². The molecular formula is C16H9Cl2F4N3O2S. The van der Waals surface area contributed by atoms with Crippen molar-refractivity contribution in [3.05, 3.63) is 63.8 Å². The van der Waals surface area contributed by atoms with Gasteiger partial charge in [0.05, 0.1) is 11.4 Å². The van der Waals surface area contributed by atoms with Gasteiger partial charge < -0.3 is 0 Å². The highest BCUT2D eigenvalue weighted by molar-refractivity contribution is 7.89. The van der Waals surface area contributed by atoms with Gasteiger partial charge in [-0.15, -0.1) is 0 Å². The minimum Gasteiger partial charge on any atom is -0.233 e. The molecule has 1 aromatic heterocycles. The average molecular weight is 454 g/mol. The molecule has 0 aliphatic rings. The van der Waals surface area contributed by atoms with Crippen molar-refractivity contribution in [3.8, 4) is 16.9 Å². The maximum atomic E-state index is 14.2. The van der Waals surface area contributed by atoms with E-state index in [0.717, 1.165) is 10.7 Å². The van der Waals surface area contributed by atoms with E-state index in [9.17, 15) is 26.0 Å². The number of primary sulfonamides is 1. The smallest absolute Gasteiger partial charge is 0.233 e. The Morgan fingerprint density at radius 3 is 1.96 bits per heavy atom. The van der Waals surface area contributed by atoms with Gasteiger partial charge in [0.2, 0.25) is 10.0 Å². The Balaban J connectivity index is 2.28. The first-order chi connectivity index (χ1) is 13.0. The highest BCUT2D eigenvalue weighted by Gasteiger charge is 2.24. The molecule has 0 atom stereocenters. The highest BCUT2D eigenvalue weighted by atomic mass is 35.5. The summed E-state index contributed by atoms with van der Waals surface area (Å²) in [7, 11) is -4.67. The summed E-state index contributed by atoms with van der Waals surface area (Å²) in [6.07, 6.45) is -2.98. The third-order valence-electron chi connectivity index (χ3n) is 3.62. The van der Waals surface area contributed by atoms with Crippen LogP contribution in [0.2, 0.25) is 10.0 Å². The summed E-state index contributed by atoms with van der Waals surface area (Å²) in [6.45, 7) is 0. The van der Waals surface area contributed by atoms with Crippen LogP contribution in [0.4, 0.5) is 17.6 Å². The first kappa shape index (κ1) is 20.6. The van der Waals surface area contributed by atoms with Gasteiger partial charge in [-0.1, -0.05) is 23.2 Å². The van der Waals surface area contributed by atoms with E-state index in [4.69, 9.17) is 28.3 Å². The van der Waals surface area contributed by atoms with Gasteiger partial charge in [-0.25, -0.2) is 35.8 Å². The number of nitrogens with two attached hydrogens (primary N) is 1. The zero-order valence-corrected chi connectivity index (χ0v) is 15.8. The first-order valence-corrected chi connectivity index (χ1v) is 9.64. The fourth-order valence-corrected chi connectivity index (χ4v) is 3.73. The topological polar surface area (TPSA) is 78.0 Å². The molecule has 2 N–H and O–H groups in total. The van der Waals surface area contributed by atoms with Crippen molar-refractivity contribution in [2.75, 3.05) is 0 Å². The summed E-state index contributed by atoms with van der Waals surface area (Å²) < 4.78 is 78.3. The van der Waals surface area contributed by atoms with Crippen molar-refractivity contribution in [1.29, 1.82) is 0 Å². The largest absolute Gasteiger partial charge is 0.282 e. The predicted octanol–water partition coefficient (Wildman–Crippen LogP) is 4.71. The second-order valence-corrected chi connectivity index (χ2v) is 7.98. The van der Waals surface area contributed by atoms with Crippen LogP contribution >= 0.6 is 23.2 Å². The van der Waals surface area contributed by atoms with E-state index >= 15 is 0 Å². The zero-order chi connectivity index (χ0) is 20.8. The van der Waals surface area contributed by atoms with E-state index in [1.54, 1.807) is 0 Å². The van der Waals surface area contributed by atoms with Crippen LogP contribution in [0.15, 0.2) is 41.3 Å². The van der Waals surface area contributed by atoms with Crippen molar-refractivity contribution in [1.82, 2.24) is 9.78 Å². The molecule has 0 unspecified atom stereocenters. The Morgan fingerprint density at radius 1 is 0.964 bits per heavy atom. The normalized spacial score (nSPS) is 12.0. The lowest BCUT2D eigenvalue weighted by molar-refractivity contribution is 0.145. The summed E-state index contributed by atoms with van der Waals surface area (Å²) in [5.74, 6) is -2.96. The fraction of sp³-hybridized carbons (Fsp3) is 0.0625. The van der Waals surface area contributed by atoms with Gasteiger partial charge in [0.25, 0.3) is 6.43 Å². The van der Waals surface area contributed by atoms with Crippen LogP contribution in [-0.2, 0) is 10.0 Å². The average Bonchev–Trinajstić information content (AvgIpc) is 2.97. The number of nitrogens with zero attached hydrogens (tertiary/aromatic N) is 2. The lowest BCUT2D eigenvalue weighted by atomic mass is 10.1. The SMILES string of the molecule is NS(=O)(=O)c1c(F)cc(-c2cc(C(F)F)nn2-c2cc(Cl)cc(Cl)c2)cc1F. The first-order valence-electron chi connectivity index (χ1n) is 7.34. The molecule has 3 aromatic rings. The monoisotopic (exact) mass is 453 g/mol. The Morgan fingerprint density at radius 2 is 1.50 bits per heavy atom. The van der Waals surface area contributed by atoms with Crippen molar-refractivity contribution in [2.24, 2.45) is 5.14 Å². The van der Waals surface area contributed by atoms with Crippen molar-refractivity contribution < 1.29 is 26.0 Å². The predicted molar refractivity (Wildman–Crippen MR) is 95.3 cm³/mol. The molecular weight excluding hydrogens is 445 g/mol. The van der Waals surface area contributed by atoms with E-state index in [2.05, 4.69) is 5.10 Å². The summed E-state index contributed by atoms with van der Waals surface area (Å²) in [6, 6.07) is 6.30. The lowest BCUT2D eigenvalue weighted by Gasteiger charge is -2.10. The van der Waals surface area contributed by atoms with Crippen LogP contribution in [0.3, 0.4) is 0 Å². The molecule has 148 valence electrons. The van der Waals surface area contributed by atoms with Crippen molar-refractivity contribution in [2.45, 2.75) is 11.3 Å². The van der Waals surface area contributed by atoms with Crippen LogP contribution < -0.4 is 5.14 Å². The second-order valence-electron chi connectivity index (χ2n) is 5.61. The number of aromatic nitrogens is 2. The number of hydrogen-bond acceptors (Lipinski definition) is 3. The van der Waals surface area contributed by atoms with Gasteiger partial charge in [-0.2, -0.15) is 5.10 Å². The lowest BCUT2D eigenvalue weighted by Crippen LogP contribution is -2.16. The molecule has 0 bridgehead atoms. The van der Waals surface area contributed by atoms with E-state index < -0.39 is 38.7 Å². The molecule has 0 saturated carbocycles. The molecule has 12 heteroatoms. The molecule has 0 saturated heterocycles. The highest BCUT2D eigenvalue weighted by Crippen LogP contribution is 2.32. The maximum Gasteiger partial charge on any atom is 0.282 e. The van der Waals surface area contributed by atoms with E-state index in [-0.39, 0.29) is 27.0 Å². The van der Waals surface area contributed by atoms with Gasteiger partial charge in [-0.3, -0.25) is 0 Å². The minimum atomic E-state index is -4.67. The molecule has 28 heavy (non-hydrogen) atoms. The maximum absolute atomic E-state index is 14.2. The number of benzene rings is 2. The van der Waals surface area contributed by atoms with E-state index in [1.165, 1.54) is 18.2 Å². The number of halogens is 6. The Labute approximate surface area is 166 Å². The van der Waals surface area contributed by atoms with Gasteiger partial charge in [-0.05, 0) is 36.4 Å². The number of hydrogen-bond donors (Lipinski definition) is 1. The summed E-state index contributed by atoms with van der Waals surface area (Å²) in [4.78, 5) is -1.33. The molecule has 0 aliphatic carbocycles. The van der Waals surface area contributed by atoms with Crippen LogP contribution in [0.1, 0.15) is 12.1 Å². The molecule has 5 nitrogen and oxygen atoms in total. The Hall–Kier alpha value is -2.14. The van der Waals surface area contributed by atoms with Crippen LogP contribution in [0.5, 0.6) is 0 Å². The van der Waals surface area contributed by atoms with Gasteiger partial charge in [0.1, 0.15) is 17.3 Å². The Kier molecular flexibility index (Phi) is 5.41. The van der Waals surface area contributed by atoms with Gasteiger partial charge in [0, 0.05) is 15.6 Å². The van der Waals surface area contributed by atoms with Crippen molar-refractivity contribution in [3.63, 3.8) is 0 Å². The van der Waals surface area contributed by atoms with Crippen LogP contribution in [0, 0.1) is 11.6 Å². The Bertz CT molecular complexity index is 1140. The third kappa shape index (κ3) is 4.00. The summed E-state index contributed by atoms with van der Waals surface area (Å²) >= 11 is 11.8. The molecule has 0 aliphatic heterocycles.